The average Bonchev–Trinajstić information content (AvgIpc) is 2.45. The lowest BCUT2D eigenvalue weighted by Crippen LogP contribution is -2.45. The highest BCUT2D eigenvalue weighted by Crippen LogP contribution is 2.34. The van der Waals surface area contributed by atoms with Gasteiger partial charge in [0.2, 0.25) is 5.91 Å². The molecule has 1 fully saturated rings. The summed E-state index contributed by atoms with van der Waals surface area (Å²) in [5.74, 6) is -2.07. The van der Waals surface area contributed by atoms with E-state index in [2.05, 4.69) is 15.9 Å². The second kappa shape index (κ2) is 6.38. The Balaban J connectivity index is 2.09. The van der Waals surface area contributed by atoms with E-state index in [4.69, 9.17) is 0 Å². The standard InChI is InChI=1S/C15H17BrF3NO/c1-10(11-4-2-6-13(16)8-11)14(21)20-7-3-5-12(9-20)15(17,18)19/h2,4,6,8,10,12H,3,5,7,9H2,1H3. The van der Waals surface area contributed by atoms with E-state index < -0.39 is 18.0 Å². The van der Waals surface area contributed by atoms with Crippen molar-refractivity contribution in [1.29, 1.82) is 0 Å². The van der Waals surface area contributed by atoms with E-state index in [-0.39, 0.29) is 18.9 Å². The quantitative estimate of drug-likeness (QED) is 0.764. The number of nitrogens with zero attached hydrogens (tertiary/aromatic N) is 1. The van der Waals surface area contributed by atoms with Crippen molar-refractivity contribution in [3.63, 3.8) is 0 Å². The Morgan fingerprint density at radius 3 is 2.76 bits per heavy atom. The van der Waals surface area contributed by atoms with Gasteiger partial charge in [-0.15, -0.1) is 0 Å². The van der Waals surface area contributed by atoms with E-state index in [1.165, 1.54) is 4.90 Å². The maximum atomic E-state index is 12.8. The number of likely N-dealkylation sites (tertiary alicyclic amines) is 1. The number of alkyl halides is 3. The molecule has 0 aliphatic carbocycles. The molecule has 116 valence electrons. The molecule has 1 saturated heterocycles. The summed E-state index contributed by atoms with van der Waals surface area (Å²) in [5.41, 5.74) is 0.809. The van der Waals surface area contributed by atoms with Crippen LogP contribution in [0.2, 0.25) is 0 Å². The van der Waals surface area contributed by atoms with Crippen molar-refractivity contribution in [3.05, 3.63) is 34.3 Å². The maximum absolute atomic E-state index is 12.8. The van der Waals surface area contributed by atoms with Gasteiger partial charge >= 0.3 is 6.18 Å². The van der Waals surface area contributed by atoms with Crippen LogP contribution in [0.3, 0.4) is 0 Å². The minimum absolute atomic E-state index is 0.110. The van der Waals surface area contributed by atoms with Crippen molar-refractivity contribution in [2.75, 3.05) is 13.1 Å². The fourth-order valence-electron chi connectivity index (χ4n) is 2.64. The van der Waals surface area contributed by atoms with Crippen LogP contribution in [-0.4, -0.2) is 30.1 Å². The summed E-state index contributed by atoms with van der Waals surface area (Å²) in [6, 6.07) is 7.31. The summed E-state index contributed by atoms with van der Waals surface area (Å²) in [7, 11) is 0. The Labute approximate surface area is 130 Å². The number of halogens is 4. The number of carbonyl (C=O) groups excluding carboxylic acids is 1. The van der Waals surface area contributed by atoms with Gasteiger partial charge in [-0.3, -0.25) is 4.79 Å². The molecular formula is C15H17BrF3NO. The second-order valence-electron chi connectivity index (χ2n) is 5.44. The van der Waals surface area contributed by atoms with Gasteiger partial charge < -0.3 is 4.90 Å². The maximum Gasteiger partial charge on any atom is 0.393 e. The molecular weight excluding hydrogens is 347 g/mol. The molecule has 2 unspecified atom stereocenters. The van der Waals surface area contributed by atoms with Gasteiger partial charge in [-0.25, -0.2) is 0 Å². The SMILES string of the molecule is CC(C(=O)N1CCCC(C(F)(F)F)C1)c1cccc(Br)c1. The molecule has 6 heteroatoms. The molecule has 0 N–H and O–H groups in total. The molecule has 0 aromatic heterocycles. The summed E-state index contributed by atoms with van der Waals surface area (Å²) < 4.78 is 39.3. The van der Waals surface area contributed by atoms with Crippen LogP contribution >= 0.6 is 15.9 Å². The lowest BCUT2D eigenvalue weighted by Gasteiger charge is -2.35. The molecule has 21 heavy (non-hydrogen) atoms. The first-order valence-electron chi connectivity index (χ1n) is 6.90. The van der Waals surface area contributed by atoms with E-state index in [1.807, 2.05) is 24.3 Å². The van der Waals surface area contributed by atoms with Crippen LogP contribution in [0.5, 0.6) is 0 Å². The highest BCUT2D eigenvalue weighted by atomic mass is 79.9. The van der Waals surface area contributed by atoms with Crippen LogP contribution in [-0.2, 0) is 4.79 Å². The molecule has 1 amide bonds. The van der Waals surface area contributed by atoms with Gasteiger partial charge in [-0.05, 0) is 37.5 Å². The van der Waals surface area contributed by atoms with Gasteiger partial charge in [-0.1, -0.05) is 28.1 Å². The summed E-state index contributed by atoms with van der Waals surface area (Å²) in [5, 5.41) is 0. The van der Waals surface area contributed by atoms with Crippen LogP contribution in [0.15, 0.2) is 28.7 Å². The zero-order valence-electron chi connectivity index (χ0n) is 11.7. The van der Waals surface area contributed by atoms with E-state index in [0.29, 0.717) is 13.0 Å². The predicted molar refractivity (Wildman–Crippen MR) is 77.9 cm³/mol. The summed E-state index contributed by atoms with van der Waals surface area (Å²) in [4.78, 5) is 13.8. The molecule has 0 saturated carbocycles. The lowest BCUT2D eigenvalue weighted by molar-refractivity contribution is -0.188. The lowest BCUT2D eigenvalue weighted by atomic mass is 9.94. The summed E-state index contributed by atoms with van der Waals surface area (Å²) >= 11 is 3.34. The fraction of sp³-hybridized carbons (Fsp3) is 0.533. The third-order valence-electron chi connectivity index (χ3n) is 3.92. The molecule has 2 nitrogen and oxygen atoms in total. The van der Waals surface area contributed by atoms with Crippen molar-refractivity contribution in [3.8, 4) is 0 Å². The monoisotopic (exact) mass is 363 g/mol. The Hall–Kier alpha value is -1.04. The second-order valence-corrected chi connectivity index (χ2v) is 6.36. The zero-order valence-corrected chi connectivity index (χ0v) is 13.2. The average molecular weight is 364 g/mol. The van der Waals surface area contributed by atoms with Crippen molar-refractivity contribution in [2.24, 2.45) is 5.92 Å². The normalized spacial score (nSPS) is 21.2. The largest absolute Gasteiger partial charge is 0.393 e. The van der Waals surface area contributed by atoms with Crippen LogP contribution < -0.4 is 0 Å². The molecule has 1 heterocycles. The first kappa shape index (κ1) is 16.3. The van der Waals surface area contributed by atoms with Crippen LogP contribution in [0.1, 0.15) is 31.2 Å². The van der Waals surface area contributed by atoms with Crippen LogP contribution in [0, 0.1) is 5.92 Å². The Morgan fingerprint density at radius 1 is 1.43 bits per heavy atom. The number of amides is 1. The molecule has 0 spiro atoms. The number of benzene rings is 1. The van der Waals surface area contributed by atoms with E-state index in [9.17, 15) is 18.0 Å². The first-order chi connectivity index (χ1) is 9.79. The predicted octanol–water partition coefficient (Wildman–Crippen LogP) is 4.35. The minimum Gasteiger partial charge on any atom is -0.342 e. The van der Waals surface area contributed by atoms with E-state index in [1.54, 1.807) is 6.92 Å². The van der Waals surface area contributed by atoms with Gasteiger partial charge in [0, 0.05) is 17.6 Å². The third-order valence-corrected chi connectivity index (χ3v) is 4.41. The molecule has 1 aromatic carbocycles. The van der Waals surface area contributed by atoms with Gasteiger partial charge in [0.1, 0.15) is 0 Å². The van der Waals surface area contributed by atoms with Crippen molar-refractivity contribution < 1.29 is 18.0 Å². The molecule has 1 aromatic rings. The van der Waals surface area contributed by atoms with Gasteiger partial charge in [0.25, 0.3) is 0 Å². The number of carbonyl (C=O) groups is 1. The smallest absolute Gasteiger partial charge is 0.342 e. The molecule has 2 atom stereocenters. The molecule has 0 bridgehead atoms. The first-order valence-corrected chi connectivity index (χ1v) is 7.69. The molecule has 1 aliphatic rings. The molecule has 0 radical (unpaired) electrons. The topological polar surface area (TPSA) is 20.3 Å². The highest BCUT2D eigenvalue weighted by molar-refractivity contribution is 9.10. The number of rotatable bonds is 2. The Bertz CT molecular complexity index is 518. The minimum atomic E-state index is -4.22. The Morgan fingerprint density at radius 2 is 2.14 bits per heavy atom. The van der Waals surface area contributed by atoms with Crippen molar-refractivity contribution >= 4 is 21.8 Å². The molecule has 2 rings (SSSR count). The van der Waals surface area contributed by atoms with Crippen LogP contribution in [0.25, 0.3) is 0 Å². The summed E-state index contributed by atoms with van der Waals surface area (Å²) in [6.07, 6.45) is -3.71. The zero-order chi connectivity index (χ0) is 15.6. The number of piperidine rings is 1. The van der Waals surface area contributed by atoms with E-state index >= 15 is 0 Å². The highest BCUT2D eigenvalue weighted by Gasteiger charge is 2.43. The van der Waals surface area contributed by atoms with Gasteiger partial charge in [0.15, 0.2) is 0 Å². The molecule has 1 aliphatic heterocycles. The van der Waals surface area contributed by atoms with Gasteiger partial charge in [0.05, 0.1) is 11.8 Å². The fourth-order valence-corrected chi connectivity index (χ4v) is 3.05. The number of hydrogen-bond donors (Lipinski definition) is 0. The van der Waals surface area contributed by atoms with Gasteiger partial charge in [-0.2, -0.15) is 13.2 Å². The Kier molecular flexibility index (Phi) is 4.96. The van der Waals surface area contributed by atoms with Crippen molar-refractivity contribution in [1.82, 2.24) is 4.90 Å². The van der Waals surface area contributed by atoms with Crippen molar-refractivity contribution in [2.45, 2.75) is 31.9 Å². The summed E-state index contributed by atoms with van der Waals surface area (Å²) in [6.45, 7) is 1.92. The van der Waals surface area contributed by atoms with E-state index in [0.717, 1.165) is 10.0 Å². The van der Waals surface area contributed by atoms with Crippen LogP contribution in [0.4, 0.5) is 13.2 Å². The number of hydrogen-bond acceptors (Lipinski definition) is 1. The third kappa shape index (κ3) is 3.99.